The summed E-state index contributed by atoms with van der Waals surface area (Å²) in [5.41, 5.74) is 0.102. The molecular weight excluding hydrogens is 200 g/mol. The molecule has 0 heterocycles. The molecule has 0 aromatic heterocycles. The molecule has 5 heteroatoms. The molecule has 0 aromatic carbocycles. The van der Waals surface area contributed by atoms with Crippen LogP contribution in [0.25, 0.3) is 0 Å². The Morgan fingerprint density at radius 2 is 1.60 bits per heavy atom. The van der Waals surface area contributed by atoms with Crippen LogP contribution >= 0.6 is 0 Å². The highest BCUT2D eigenvalue weighted by Gasteiger charge is 2.10. The molecule has 0 saturated carbocycles. The summed E-state index contributed by atoms with van der Waals surface area (Å²) < 4.78 is 9.23. The third kappa shape index (κ3) is 7.42. The van der Waals surface area contributed by atoms with Crippen LogP contribution in [0.4, 0.5) is 0 Å². The first-order valence-electron chi connectivity index (χ1n) is 4.41. The monoisotopic (exact) mass is 214 g/mol. The number of carbonyl (C=O) groups is 3. The Morgan fingerprint density at radius 1 is 1.07 bits per heavy atom. The Kier molecular flexibility index (Phi) is 6.01. The van der Waals surface area contributed by atoms with E-state index in [2.05, 4.69) is 16.1 Å². The molecule has 0 spiro atoms. The second-order valence-electron chi connectivity index (χ2n) is 2.96. The number of rotatable bonds is 6. The summed E-state index contributed by atoms with van der Waals surface area (Å²) in [5.74, 6) is -1.23. The fraction of sp³-hybridized carbons (Fsp3) is 0.500. The van der Waals surface area contributed by atoms with Crippen LogP contribution < -0.4 is 0 Å². The molecule has 0 fully saturated rings. The van der Waals surface area contributed by atoms with Gasteiger partial charge in [-0.2, -0.15) is 0 Å². The number of ether oxygens (including phenoxy) is 2. The van der Waals surface area contributed by atoms with Gasteiger partial charge in [-0.15, -0.1) is 0 Å². The summed E-state index contributed by atoms with van der Waals surface area (Å²) >= 11 is 0. The second kappa shape index (κ2) is 6.75. The van der Waals surface area contributed by atoms with E-state index in [-0.39, 0.29) is 31.0 Å². The van der Waals surface area contributed by atoms with E-state index < -0.39 is 11.9 Å². The van der Waals surface area contributed by atoms with E-state index >= 15 is 0 Å². The molecule has 0 radical (unpaired) electrons. The standard InChI is InChI=1S/C10H14O5/c1-7(6-8(2)11)10(13)15-5-4-14-9(3)12/h1,4-6H2,2-3H3. The SMILES string of the molecule is C=C(CC(C)=O)C(=O)OCCOC(C)=O. The van der Waals surface area contributed by atoms with Gasteiger partial charge in [0.1, 0.15) is 19.0 Å². The Balaban J connectivity index is 3.69. The van der Waals surface area contributed by atoms with Gasteiger partial charge in [0, 0.05) is 18.9 Å². The fourth-order valence-corrected chi connectivity index (χ4v) is 0.794. The molecule has 0 rings (SSSR count). The second-order valence-corrected chi connectivity index (χ2v) is 2.96. The Morgan fingerprint density at radius 3 is 2.07 bits per heavy atom. The number of hydrogen-bond acceptors (Lipinski definition) is 5. The van der Waals surface area contributed by atoms with Crippen LogP contribution in [-0.4, -0.2) is 30.9 Å². The van der Waals surface area contributed by atoms with E-state index in [1.807, 2.05) is 0 Å². The summed E-state index contributed by atoms with van der Waals surface area (Å²) in [7, 11) is 0. The molecule has 0 bridgehead atoms. The van der Waals surface area contributed by atoms with Crippen LogP contribution in [0.3, 0.4) is 0 Å². The van der Waals surface area contributed by atoms with Crippen molar-refractivity contribution in [3.05, 3.63) is 12.2 Å². The fourth-order valence-electron chi connectivity index (χ4n) is 0.794. The average Bonchev–Trinajstić information content (AvgIpc) is 2.10. The average molecular weight is 214 g/mol. The molecule has 0 N–H and O–H groups in total. The predicted octanol–water partition coefficient (Wildman–Crippen LogP) is 0.628. The van der Waals surface area contributed by atoms with Crippen molar-refractivity contribution < 1.29 is 23.9 Å². The van der Waals surface area contributed by atoms with E-state index in [4.69, 9.17) is 0 Å². The van der Waals surface area contributed by atoms with Crippen LogP contribution in [0, 0.1) is 0 Å². The van der Waals surface area contributed by atoms with Crippen LogP contribution in [0.1, 0.15) is 20.3 Å². The van der Waals surface area contributed by atoms with Gasteiger partial charge in [-0.25, -0.2) is 4.79 Å². The minimum atomic E-state index is -0.641. The zero-order valence-electron chi connectivity index (χ0n) is 8.87. The zero-order chi connectivity index (χ0) is 11.8. The van der Waals surface area contributed by atoms with E-state index in [0.29, 0.717) is 0 Å². The van der Waals surface area contributed by atoms with Crippen molar-refractivity contribution >= 4 is 17.7 Å². The van der Waals surface area contributed by atoms with E-state index in [1.54, 1.807) is 0 Å². The minimum absolute atomic E-state index is 0.00836. The summed E-state index contributed by atoms with van der Waals surface area (Å²) in [5, 5.41) is 0. The molecule has 0 aliphatic rings. The molecule has 84 valence electrons. The first-order chi connectivity index (χ1) is 6.93. The third-order valence-electron chi connectivity index (χ3n) is 1.37. The van der Waals surface area contributed by atoms with Crippen LogP contribution in [-0.2, 0) is 23.9 Å². The summed E-state index contributed by atoms with van der Waals surface area (Å²) in [4.78, 5) is 32.1. The highest BCUT2D eigenvalue weighted by atomic mass is 16.6. The van der Waals surface area contributed by atoms with Gasteiger partial charge in [0.05, 0.1) is 0 Å². The van der Waals surface area contributed by atoms with Crippen LogP contribution in [0.5, 0.6) is 0 Å². The lowest BCUT2D eigenvalue weighted by Crippen LogP contribution is -2.14. The molecule has 0 saturated heterocycles. The largest absolute Gasteiger partial charge is 0.462 e. The maximum Gasteiger partial charge on any atom is 0.333 e. The molecule has 15 heavy (non-hydrogen) atoms. The molecule has 0 aliphatic heterocycles. The Hall–Kier alpha value is -1.65. The maximum atomic E-state index is 11.1. The molecule has 5 nitrogen and oxygen atoms in total. The zero-order valence-corrected chi connectivity index (χ0v) is 8.87. The summed E-state index contributed by atoms with van der Waals surface area (Å²) in [6, 6.07) is 0. The van der Waals surface area contributed by atoms with Gasteiger partial charge in [0.2, 0.25) is 0 Å². The molecule has 0 aromatic rings. The third-order valence-corrected chi connectivity index (χ3v) is 1.37. The van der Waals surface area contributed by atoms with Crippen molar-refractivity contribution in [1.82, 2.24) is 0 Å². The van der Waals surface area contributed by atoms with Crippen molar-refractivity contribution in [2.75, 3.05) is 13.2 Å². The topological polar surface area (TPSA) is 69.7 Å². The highest BCUT2D eigenvalue weighted by molar-refractivity contribution is 5.94. The van der Waals surface area contributed by atoms with Crippen molar-refractivity contribution in [3.63, 3.8) is 0 Å². The van der Waals surface area contributed by atoms with Gasteiger partial charge >= 0.3 is 11.9 Å². The van der Waals surface area contributed by atoms with Gasteiger partial charge in [-0.3, -0.25) is 9.59 Å². The lowest BCUT2D eigenvalue weighted by atomic mass is 10.2. The number of esters is 2. The van der Waals surface area contributed by atoms with Crippen molar-refractivity contribution in [2.24, 2.45) is 0 Å². The smallest absolute Gasteiger partial charge is 0.333 e. The van der Waals surface area contributed by atoms with Gasteiger partial charge < -0.3 is 9.47 Å². The number of Topliss-reactive ketones (excluding diaryl/α,β-unsaturated/α-hetero) is 1. The maximum absolute atomic E-state index is 11.1. The Bertz CT molecular complexity index is 280. The number of hydrogen-bond donors (Lipinski definition) is 0. The number of ketones is 1. The summed E-state index contributed by atoms with van der Waals surface area (Å²) in [6.45, 7) is 6.00. The lowest BCUT2D eigenvalue weighted by Gasteiger charge is -2.05. The van der Waals surface area contributed by atoms with Crippen molar-refractivity contribution in [2.45, 2.75) is 20.3 Å². The highest BCUT2D eigenvalue weighted by Crippen LogP contribution is 2.01. The predicted molar refractivity (Wildman–Crippen MR) is 52.0 cm³/mol. The normalized spacial score (nSPS) is 9.20. The Labute approximate surface area is 88.0 Å². The minimum Gasteiger partial charge on any atom is -0.462 e. The first-order valence-corrected chi connectivity index (χ1v) is 4.41. The first kappa shape index (κ1) is 13.4. The van der Waals surface area contributed by atoms with E-state index in [9.17, 15) is 14.4 Å². The molecule has 0 aliphatic carbocycles. The molecule has 0 atom stereocenters. The van der Waals surface area contributed by atoms with E-state index in [0.717, 1.165) is 0 Å². The quantitative estimate of drug-likeness (QED) is 0.368. The van der Waals surface area contributed by atoms with Gasteiger partial charge in [-0.05, 0) is 6.92 Å². The van der Waals surface area contributed by atoms with Crippen molar-refractivity contribution in [3.8, 4) is 0 Å². The number of carbonyl (C=O) groups excluding carboxylic acids is 3. The molecule has 0 amide bonds. The van der Waals surface area contributed by atoms with Crippen LogP contribution in [0.2, 0.25) is 0 Å². The summed E-state index contributed by atoms with van der Waals surface area (Å²) in [6.07, 6.45) is -0.0214. The lowest BCUT2D eigenvalue weighted by molar-refractivity contribution is -0.148. The molecular formula is C10H14O5. The van der Waals surface area contributed by atoms with Gasteiger partial charge in [-0.1, -0.05) is 6.58 Å². The van der Waals surface area contributed by atoms with E-state index in [1.165, 1.54) is 13.8 Å². The van der Waals surface area contributed by atoms with Crippen molar-refractivity contribution in [1.29, 1.82) is 0 Å². The van der Waals surface area contributed by atoms with Crippen LogP contribution in [0.15, 0.2) is 12.2 Å². The van der Waals surface area contributed by atoms with Gasteiger partial charge in [0.25, 0.3) is 0 Å². The van der Waals surface area contributed by atoms with Gasteiger partial charge in [0.15, 0.2) is 0 Å². The molecule has 0 unspecified atom stereocenters.